The molecule has 1 fully saturated rings. The van der Waals surface area contributed by atoms with Crippen molar-refractivity contribution in [1.29, 1.82) is 0 Å². The van der Waals surface area contributed by atoms with Gasteiger partial charge in [0.25, 0.3) is 0 Å². The number of cyclic esters (lactones) is 1. The standard InChI is InChI=1S/C17H25NO6S/c1-17(2,3)25(22)18-12(15-13(19)14(20)16(21)24-15)10-23-9-11-7-5-4-6-8-11/h4-8,12-15,18-20H,9-10H2,1-3H3/t12-,13+,14-,15-,25?/m0/s1. The summed E-state index contributed by atoms with van der Waals surface area (Å²) >= 11 is 0. The fourth-order valence-electron chi connectivity index (χ4n) is 2.30. The van der Waals surface area contributed by atoms with Gasteiger partial charge in [-0.2, -0.15) is 0 Å². The number of carbonyl (C=O) groups excluding carboxylic acids is 1. The molecule has 140 valence electrons. The van der Waals surface area contributed by atoms with Gasteiger partial charge in [-0.3, -0.25) is 0 Å². The van der Waals surface area contributed by atoms with E-state index in [-0.39, 0.29) is 6.61 Å². The molecule has 1 aliphatic rings. The van der Waals surface area contributed by atoms with E-state index in [4.69, 9.17) is 9.47 Å². The maximum Gasteiger partial charge on any atom is 0.338 e. The Balaban J connectivity index is 2.04. The van der Waals surface area contributed by atoms with Crippen molar-refractivity contribution in [2.24, 2.45) is 0 Å². The number of rotatable bonds is 7. The molecule has 0 radical (unpaired) electrons. The van der Waals surface area contributed by atoms with Crippen LogP contribution in [0.3, 0.4) is 0 Å². The molecule has 0 saturated carbocycles. The Morgan fingerprint density at radius 2 is 1.92 bits per heavy atom. The second-order valence-corrected chi connectivity index (χ2v) is 8.94. The summed E-state index contributed by atoms with van der Waals surface area (Å²) < 4.78 is 25.4. The monoisotopic (exact) mass is 371 g/mol. The van der Waals surface area contributed by atoms with Crippen LogP contribution in [0.1, 0.15) is 26.3 Å². The van der Waals surface area contributed by atoms with Gasteiger partial charge in [0.2, 0.25) is 0 Å². The molecule has 0 amide bonds. The van der Waals surface area contributed by atoms with Crippen LogP contribution in [0.5, 0.6) is 0 Å². The minimum absolute atomic E-state index is 0.0540. The van der Waals surface area contributed by atoms with Crippen LogP contribution in [0.25, 0.3) is 0 Å². The minimum atomic E-state index is -1.61. The summed E-state index contributed by atoms with van der Waals surface area (Å²) in [6, 6.07) is 8.77. The third-order valence-electron chi connectivity index (χ3n) is 3.77. The molecule has 7 nitrogen and oxygen atoms in total. The molecule has 0 spiro atoms. The normalized spacial score (nSPS) is 26.3. The second kappa shape index (κ2) is 8.37. The molecule has 3 N–H and O–H groups in total. The Hall–Kier alpha value is -1.32. The molecule has 1 heterocycles. The Morgan fingerprint density at radius 1 is 1.28 bits per heavy atom. The van der Waals surface area contributed by atoms with Gasteiger partial charge in [-0.1, -0.05) is 30.3 Å². The van der Waals surface area contributed by atoms with Gasteiger partial charge in [-0.25, -0.2) is 13.7 Å². The molecule has 0 aliphatic carbocycles. The number of aliphatic hydroxyl groups excluding tert-OH is 2. The van der Waals surface area contributed by atoms with Crippen molar-refractivity contribution in [2.45, 2.75) is 56.5 Å². The van der Waals surface area contributed by atoms with Crippen molar-refractivity contribution in [3.8, 4) is 0 Å². The lowest BCUT2D eigenvalue weighted by Crippen LogP contribution is -2.52. The van der Waals surface area contributed by atoms with E-state index in [9.17, 15) is 19.2 Å². The molecule has 1 aliphatic heterocycles. The first-order valence-electron chi connectivity index (χ1n) is 8.06. The average molecular weight is 371 g/mol. The highest BCUT2D eigenvalue weighted by Crippen LogP contribution is 2.21. The quantitative estimate of drug-likeness (QED) is 0.594. The smallest absolute Gasteiger partial charge is 0.338 e. The molecule has 2 rings (SSSR count). The summed E-state index contributed by atoms with van der Waals surface area (Å²) in [6.45, 7) is 5.76. The first-order valence-corrected chi connectivity index (χ1v) is 9.21. The lowest BCUT2D eigenvalue weighted by Gasteiger charge is -2.28. The number of carbonyl (C=O) groups is 1. The van der Waals surface area contributed by atoms with Crippen molar-refractivity contribution < 1.29 is 28.7 Å². The van der Waals surface area contributed by atoms with Gasteiger partial charge in [0.05, 0.1) is 35.0 Å². The van der Waals surface area contributed by atoms with E-state index in [0.717, 1.165) is 5.56 Å². The molecular weight excluding hydrogens is 346 g/mol. The van der Waals surface area contributed by atoms with E-state index < -0.39 is 46.1 Å². The van der Waals surface area contributed by atoms with Gasteiger partial charge in [0.1, 0.15) is 12.2 Å². The number of benzene rings is 1. The highest BCUT2D eigenvalue weighted by molar-refractivity contribution is 7.84. The van der Waals surface area contributed by atoms with Crippen LogP contribution in [0, 0.1) is 0 Å². The van der Waals surface area contributed by atoms with E-state index in [1.807, 2.05) is 30.3 Å². The third kappa shape index (κ3) is 5.32. The SMILES string of the molecule is CC(C)(C)S(=O)N[C@@H](COCc1ccccc1)[C@@H]1OC(=O)[C@@H](O)[C@H]1O. The Bertz CT molecular complexity index is 603. The van der Waals surface area contributed by atoms with Crippen LogP contribution < -0.4 is 4.72 Å². The molecule has 1 unspecified atom stereocenters. The third-order valence-corrected chi connectivity index (χ3v) is 5.40. The summed E-state index contributed by atoms with van der Waals surface area (Å²) in [5.74, 6) is -0.895. The molecule has 8 heteroatoms. The zero-order chi connectivity index (χ0) is 18.6. The minimum Gasteiger partial charge on any atom is -0.456 e. The number of hydrogen-bond donors (Lipinski definition) is 3. The molecule has 0 aromatic heterocycles. The van der Waals surface area contributed by atoms with Crippen molar-refractivity contribution in [1.82, 2.24) is 4.72 Å². The molecular formula is C17H25NO6S. The Kier molecular flexibility index (Phi) is 6.70. The zero-order valence-corrected chi connectivity index (χ0v) is 15.4. The fourth-order valence-corrected chi connectivity index (χ4v) is 3.13. The molecule has 0 bridgehead atoms. The van der Waals surface area contributed by atoms with Crippen LogP contribution in [0.4, 0.5) is 0 Å². The number of ether oxygens (including phenoxy) is 2. The summed E-state index contributed by atoms with van der Waals surface area (Å²) in [5, 5.41) is 19.7. The van der Waals surface area contributed by atoms with Gasteiger partial charge < -0.3 is 19.7 Å². The molecule has 5 atom stereocenters. The lowest BCUT2D eigenvalue weighted by molar-refractivity contribution is -0.148. The van der Waals surface area contributed by atoms with Crippen molar-refractivity contribution >= 4 is 17.0 Å². The van der Waals surface area contributed by atoms with E-state index in [1.165, 1.54) is 0 Å². The van der Waals surface area contributed by atoms with E-state index in [0.29, 0.717) is 6.61 Å². The van der Waals surface area contributed by atoms with Crippen molar-refractivity contribution in [3.05, 3.63) is 35.9 Å². The maximum atomic E-state index is 12.4. The summed E-state index contributed by atoms with van der Waals surface area (Å²) in [7, 11) is -1.46. The predicted molar refractivity (Wildman–Crippen MR) is 92.8 cm³/mol. The number of esters is 1. The van der Waals surface area contributed by atoms with Gasteiger partial charge in [0, 0.05) is 0 Å². The number of aliphatic hydroxyl groups is 2. The van der Waals surface area contributed by atoms with E-state index in [2.05, 4.69) is 4.72 Å². The highest BCUT2D eigenvalue weighted by Gasteiger charge is 2.47. The maximum absolute atomic E-state index is 12.4. The molecule has 1 aromatic rings. The Morgan fingerprint density at radius 3 is 2.44 bits per heavy atom. The summed E-state index contributed by atoms with van der Waals surface area (Å²) in [6.07, 6.45) is -4.04. The van der Waals surface area contributed by atoms with Crippen LogP contribution >= 0.6 is 0 Å². The second-order valence-electron chi connectivity index (χ2n) is 6.94. The first-order chi connectivity index (χ1) is 11.7. The average Bonchev–Trinajstić information content (AvgIpc) is 2.81. The largest absolute Gasteiger partial charge is 0.456 e. The van der Waals surface area contributed by atoms with Crippen LogP contribution in [-0.2, 0) is 31.9 Å². The predicted octanol–water partition coefficient (Wildman–Crippen LogP) is 0.271. The topological polar surface area (TPSA) is 105 Å². The summed E-state index contributed by atoms with van der Waals surface area (Å²) in [4.78, 5) is 11.5. The number of nitrogens with one attached hydrogen (secondary N) is 1. The van der Waals surface area contributed by atoms with E-state index in [1.54, 1.807) is 20.8 Å². The van der Waals surface area contributed by atoms with Crippen LogP contribution in [-0.4, -0.2) is 56.1 Å². The van der Waals surface area contributed by atoms with Crippen molar-refractivity contribution in [2.75, 3.05) is 6.61 Å². The summed E-state index contributed by atoms with van der Waals surface area (Å²) in [5.41, 5.74) is 0.960. The molecule has 1 saturated heterocycles. The van der Waals surface area contributed by atoms with Gasteiger partial charge >= 0.3 is 5.97 Å². The highest BCUT2D eigenvalue weighted by atomic mass is 32.2. The van der Waals surface area contributed by atoms with Crippen molar-refractivity contribution in [3.63, 3.8) is 0 Å². The van der Waals surface area contributed by atoms with Gasteiger partial charge in [-0.15, -0.1) is 0 Å². The fraction of sp³-hybridized carbons (Fsp3) is 0.588. The molecule has 1 aromatic carbocycles. The Labute approximate surface area is 149 Å². The van der Waals surface area contributed by atoms with Gasteiger partial charge in [0.15, 0.2) is 6.10 Å². The zero-order valence-electron chi connectivity index (χ0n) is 14.5. The van der Waals surface area contributed by atoms with Crippen LogP contribution in [0.2, 0.25) is 0 Å². The molecule has 25 heavy (non-hydrogen) atoms. The van der Waals surface area contributed by atoms with Gasteiger partial charge in [-0.05, 0) is 26.3 Å². The van der Waals surface area contributed by atoms with E-state index >= 15 is 0 Å². The number of hydrogen-bond acceptors (Lipinski definition) is 6. The first kappa shape index (κ1) is 20.0. The lowest BCUT2D eigenvalue weighted by atomic mass is 10.1. The van der Waals surface area contributed by atoms with Crippen LogP contribution in [0.15, 0.2) is 30.3 Å².